The van der Waals surface area contributed by atoms with Crippen molar-refractivity contribution in [3.8, 4) is 5.75 Å². The van der Waals surface area contributed by atoms with Gasteiger partial charge >= 0.3 is 0 Å². The van der Waals surface area contributed by atoms with E-state index >= 15 is 0 Å². The third kappa shape index (κ3) is 3.39. The zero-order valence-electron chi connectivity index (χ0n) is 17.5. The number of carbonyl (C=O) groups excluding carboxylic acids is 3. The summed E-state index contributed by atoms with van der Waals surface area (Å²) in [6.07, 6.45) is 0.179. The van der Waals surface area contributed by atoms with E-state index in [4.69, 9.17) is 0 Å². The van der Waals surface area contributed by atoms with Crippen LogP contribution in [0.5, 0.6) is 5.75 Å². The Bertz CT molecular complexity index is 1020. The molecular formula is C24H26N2O5. The Labute approximate surface area is 180 Å². The molecule has 162 valence electrons. The first kappa shape index (κ1) is 21.1. The normalized spacial score (nSPS) is 27.7. The number of carboxylic acid groups (broad SMARTS) is 1. The summed E-state index contributed by atoms with van der Waals surface area (Å²) < 4.78 is 0. The lowest BCUT2D eigenvalue weighted by atomic mass is 9.75. The minimum Gasteiger partial charge on any atom is -0.544 e. The second-order valence-electron chi connectivity index (χ2n) is 8.93. The van der Waals surface area contributed by atoms with Gasteiger partial charge in [-0.25, -0.2) is 0 Å². The third-order valence-electron chi connectivity index (χ3n) is 6.47. The third-order valence-corrected chi connectivity index (χ3v) is 6.47. The molecule has 0 aliphatic carbocycles. The highest BCUT2D eigenvalue weighted by molar-refractivity contribution is 6.08. The molecular weight excluding hydrogens is 396 g/mol. The Hall–Kier alpha value is -3.19. The van der Waals surface area contributed by atoms with Crippen molar-refractivity contribution in [2.24, 2.45) is 17.8 Å². The monoisotopic (exact) mass is 422 g/mol. The molecule has 4 atom stereocenters. The Morgan fingerprint density at radius 1 is 1.10 bits per heavy atom. The minimum atomic E-state index is -1.58. The van der Waals surface area contributed by atoms with E-state index in [1.807, 2.05) is 44.2 Å². The van der Waals surface area contributed by atoms with Crippen LogP contribution in [0.2, 0.25) is 0 Å². The predicted molar refractivity (Wildman–Crippen MR) is 109 cm³/mol. The summed E-state index contributed by atoms with van der Waals surface area (Å²) >= 11 is 0. The standard InChI is InChI=1S/C24H26N2O5/c1-14(2)12-24(23(30)31)19-18(20(25-24)16-10-6-7-11-17(16)27)21(28)26(22(19)29)13-15-8-4-3-5-9-15/h3-11,14,18-20,25,27H,12-13H2,1-2H3,(H,30,31)/t18-,19+,20-,24-/m0/s1. The lowest BCUT2D eigenvalue weighted by Crippen LogP contribution is -2.99. The van der Waals surface area contributed by atoms with Gasteiger partial charge < -0.3 is 20.3 Å². The molecule has 0 unspecified atom stereocenters. The van der Waals surface area contributed by atoms with Crippen LogP contribution >= 0.6 is 0 Å². The van der Waals surface area contributed by atoms with Crippen LogP contribution in [0, 0.1) is 17.8 Å². The molecule has 2 aliphatic heterocycles. The van der Waals surface area contributed by atoms with Gasteiger partial charge in [-0.3, -0.25) is 14.5 Å². The van der Waals surface area contributed by atoms with E-state index < -0.39 is 41.2 Å². The highest BCUT2D eigenvalue weighted by Gasteiger charge is 2.69. The van der Waals surface area contributed by atoms with Crippen molar-refractivity contribution in [3.05, 3.63) is 65.7 Å². The Kier molecular flexibility index (Phi) is 5.31. The summed E-state index contributed by atoms with van der Waals surface area (Å²) in [6, 6.07) is 15.0. The number of imide groups is 1. The number of hydrogen-bond acceptors (Lipinski definition) is 5. The number of hydrogen-bond donors (Lipinski definition) is 2. The van der Waals surface area contributed by atoms with Gasteiger partial charge in [0.2, 0.25) is 11.8 Å². The topological polar surface area (TPSA) is 114 Å². The Morgan fingerprint density at radius 3 is 2.35 bits per heavy atom. The molecule has 0 spiro atoms. The number of likely N-dealkylation sites (tertiary alicyclic amines) is 1. The molecule has 3 N–H and O–H groups in total. The van der Waals surface area contributed by atoms with Gasteiger partial charge in [0.15, 0.2) is 0 Å². The molecule has 2 aromatic carbocycles. The second kappa shape index (κ2) is 7.81. The average molecular weight is 422 g/mol. The van der Waals surface area contributed by atoms with Gasteiger partial charge in [-0.1, -0.05) is 56.3 Å². The molecule has 2 aromatic rings. The molecule has 2 saturated heterocycles. The lowest BCUT2D eigenvalue weighted by Gasteiger charge is -2.34. The molecule has 7 nitrogen and oxygen atoms in total. The smallest absolute Gasteiger partial charge is 0.240 e. The molecule has 7 heteroatoms. The van der Waals surface area contributed by atoms with Crippen LogP contribution < -0.4 is 10.4 Å². The zero-order valence-corrected chi connectivity index (χ0v) is 17.5. The number of nitrogens with two attached hydrogens (primary N) is 1. The van der Waals surface area contributed by atoms with Crippen molar-refractivity contribution in [1.29, 1.82) is 0 Å². The molecule has 0 aromatic heterocycles. The number of nitrogens with zero attached hydrogens (tertiary/aromatic N) is 1. The highest BCUT2D eigenvalue weighted by Crippen LogP contribution is 2.47. The fraction of sp³-hybridized carbons (Fsp3) is 0.375. The van der Waals surface area contributed by atoms with Crippen LogP contribution in [0.25, 0.3) is 0 Å². The summed E-state index contributed by atoms with van der Waals surface area (Å²) in [5.74, 6) is -4.25. The second-order valence-corrected chi connectivity index (χ2v) is 8.93. The number of quaternary nitrogens is 1. The minimum absolute atomic E-state index is 0.0250. The number of amides is 2. The molecule has 0 saturated carbocycles. The van der Waals surface area contributed by atoms with E-state index in [0.717, 1.165) is 5.56 Å². The fourth-order valence-electron chi connectivity index (χ4n) is 5.31. The first-order valence-corrected chi connectivity index (χ1v) is 10.5. The van der Waals surface area contributed by atoms with Crippen molar-refractivity contribution < 1.29 is 29.9 Å². The van der Waals surface area contributed by atoms with Crippen LogP contribution in [0.3, 0.4) is 0 Å². The van der Waals surface area contributed by atoms with Gasteiger partial charge in [0.25, 0.3) is 0 Å². The first-order valence-electron chi connectivity index (χ1n) is 10.5. The molecule has 0 radical (unpaired) electrons. The van der Waals surface area contributed by atoms with E-state index in [9.17, 15) is 24.6 Å². The summed E-state index contributed by atoms with van der Waals surface area (Å²) in [6.45, 7) is 3.84. The van der Waals surface area contributed by atoms with E-state index in [1.165, 1.54) is 11.0 Å². The van der Waals surface area contributed by atoms with Crippen molar-refractivity contribution in [1.82, 2.24) is 4.90 Å². The van der Waals surface area contributed by atoms with Crippen LogP contribution in [0.1, 0.15) is 37.4 Å². The maximum absolute atomic E-state index is 13.5. The molecule has 2 aliphatic rings. The zero-order chi connectivity index (χ0) is 22.3. The SMILES string of the molecule is CC(C)C[C@]1(C(=O)[O-])[NH2+][C@@H](c2ccccc2O)[C@H]2C(=O)N(Cc3ccccc3)C(=O)[C@@H]21. The summed E-state index contributed by atoms with van der Waals surface area (Å²) in [7, 11) is 0. The van der Waals surface area contributed by atoms with E-state index in [2.05, 4.69) is 0 Å². The summed E-state index contributed by atoms with van der Waals surface area (Å²) in [5, 5.41) is 24.5. The molecule has 31 heavy (non-hydrogen) atoms. The molecule has 2 fully saturated rings. The van der Waals surface area contributed by atoms with Gasteiger partial charge in [-0.2, -0.15) is 0 Å². The molecule has 2 heterocycles. The van der Waals surface area contributed by atoms with E-state index in [0.29, 0.717) is 5.56 Å². The van der Waals surface area contributed by atoms with Crippen LogP contribution in [0.15, 0.2) is 54.6 Å². The van der Waals surface area contributed by atoms with Crippen molar-refractivity contribution in [3.63, 3.8) is 0 Å². The van der Waals surface area contributed by atoms with Gasteiger partial charge in [0, 0.05) is 6.42 Å². The number of phenolic OH excluding ortho intramolecular Hbond substituents is 1. The van der Waals surface area contributed by atoms with Gasteiger partial charge in [-0.15, -0.1) is 0 Å². The number of benzene rings is 2. The number of fused-ring (bicyclic) bond motifs is 1. The van der Waals surface area contributed by atoms with Crippen molar-refractivity contribution >= 4 is 17.8 Å². The van der Waals surface area contributed by atoms with Crippen molar-refractivity contribution in [2.75, 3.05) is 0 Å². The number of carbonyl (C=O) groups is 3. The van der Waals surface area contributed by atoms with Crippen LogP contribution in [0.4, 0.5) is 0 Å². The van der Waals surface area contributed by atoms with Crippen LogP contribution in [-0.2, 0) is 20.9 Å². The van der Waals surface area contributed by atoms with Crippen LogP contribution in [-0.4, -0.2) is 33.3 Å². The number of para-hydroxylation sites is 1. The van der Waals surface area contributed by atoms with Gasteiger partial charge in [-0.05, 0) is 23.6 Å². The maximum atomic E-state index is 13.5. The number of rotatable bonds is 6. The Morgan fingerprint density at radius 2 is 1.74 bits per heavy atom. The average Bonchev–Trinajstić information content (AvgIpc) is 3.19. The van der Waals surface area contributed by atoms with E-state index in [1.54, 1.807) is 23.5 Å². The summed E-state index contributed by atoms with van der Waals surface area (Å²) in [4.78, 5) is 40.6. The molecule has 4 rings (SSSR count). The number of phenols is 1. The highest BCUT2D eigenvalue weighted by atomic mass is 16.4. The number of aromatic hydroxyl groups is 1. The maximum Gasteiger partial charge on any atom is 0.240 e. The summed E-state index contributed by atoms with van der Waals surface area (Å²) in [5.41, 5.74) is -0.341. The fourth-order valence-corrected chi connectivity index (χ4v) is 5.31. The van der Waals surface area contributed by atoms with Gasteiger partial charge in [0.05, 0.1) is 12.1 Å². The van der Waals surface area contributed by atoms with Gasteiger partial charge in [0.1, 0.15) is 35.1 Å². The first-order chi connectivity index (χ1) is 14.8. The van der Waals surface area contributed by atoms with E-state index in [-0.39, 0.29) is 24.6 Å². The molecule has 0 bridgehead atoms. The van der Waals surface area contributed by atoms with Crippen molar-refractivity contribution in [2.45, 2.75) is 38.4 Å². The largest absolute Gasteiger partial charge is 0.544 e. The number of carboxylic acids is 1. The predicted octanol–water partition coefficient (Wildman–Crippen LogP) is 0.347. The molecule has 2 amide bonds. The Balaban J connectivity index is 1.81. The lowest BCUT2D eigenvalue weighted by molar-refractivity contribution is -0.740. The number of aliphatic carboxylic acids is 1. The quantitative estimate of drug-likeness (QED) is 0.652.